The molecule has 0 fully saturated rings. The standard InChI is InChI=1S/C22H22F2N2O3/c1-13-5-6-15(11-14(13)2)19-20(25-16-7-8-17(23)18(24)12-16)22(28)26(21(19)27)9-4-10-29-3/h5-8,11-12,25H,4,9-10H2,1-3H3. The maximum absolute atomic E-state index is 13.6. The van der Waals surface area contributed by atoms with Gasteiger partial charge in [-0.25, -0.2) is 8.78 Å². The predicted octanol–water partition coefficient (Wildman–Crippen LogP) is 3.81. The number of hydrogen-bond acceptors (Lipinski definition) is 4. The summed E-state index contributed by atoms with van der Waals surface area (Å²) < 4.78 is 31.9. The van der Waals surface area contributed by atoms with Gasteiger partial charge in [0.15, 0.2) is 11.6 Å². The molecule has 1 heterocycles. The zero-order valence-corrected chi connectivity index (χ0v) is 16.5. The van der Waals surface area contributed by atoms with Gasteiger partial charge >= 0.3 is 0 Å². The molecule has 3 rings (SSSR count). The van der Waals surface area contributed by atoms with Crippen LogP contribution in [-0.4, -0.2) is 37.0 Å². The number of nitrogens with one attached hydrogen (secondary N) is 1. The molecule has 0 radical (unpaired) electrons. The van der Waals surface area contributed by atoms with E-state index in [1.165, 1.54) is 6.07 Å². The third-order valence-electron chi connectivity index (χ3n) is 4.88. The normalized spacial score (nSPS) is 14.2. The molecular formula is C22H22F2N2O3. The fraction of sp³-hybridized carbons (Fsp3) is 0.273. The van der Waals surface area contributed by atoms with Crippen molar-refractivity contribution in [2.24, 2.45) is 0 Å². The maximum atomic E-state index is 13.6. The number of amides is 2. The Morgan fingerprint density at radius 3 is 2.38 bits per heavy atom. The van der Waals surface area contributed by atoms with Crippen LogP contribution in [-0.2, 0) is 14.3 Å². The topological polar surface area (TPSA) is 58.6 Å². The van der Waals surface area contributed by atoms with Gasteiger partial charge in [0.2, 0.25) is 0 Å². The van der Waals surface area contributed by atoms with Gasteiger partial charge in [-0.15, -0.1) is 0 Å². The largest absolute Gasteiger partial charge is 0.385 e. The highest BCUT2D eigenvalue weighted by Crippen LogP contribution is 2.31. The number of ether oxygens (including phenoxy) is 1. The fourth-order valence-electron chi connectivity index (χ4n) is 3.15. The third-order valence-corrected chi connectivity index (χ3v) is 4.88. The summed E-state index contributed by atoms with van der Waals surface area (Å²) >= 11 is 0. The van der Waals surface area contributed by atoms with Gasteiger partial charge in [0.1, 0.15) is 5.70 Å². The van der Waals surface area contributed by atoms with E-state index < -0.39 is 23.4 Å². The highest BCUT2D eigenvalue weighted by atomic mass is 19.2. The number of hydrogen-bond donors (Lipinski definition) is 1. The van der Waals surface area contributed by atoms with E-state index in [1.54, 1.807) is 13.2 Å². The van der Waals surface area contributed by atoms with Crippen LogP contribution in [0.3, 0.4) is 0 Å². The Labute approximate surface area is 168 Å². The molecular weight excluding hydrogens is 378 g/mol. The summed E-state index contributed by atoms with van der Waals surface area (Å²) in [4.78, 5) is 27.2. The van der Waals surface area contributed by atoms with Gasteiger partial charge in [0.25, 0.3) is 11.8 Å². The van der Waals surface area contributed by atoms with Gasteiger partial charge < -0.3 is 10.1 Å². The lowest BCUT2D eigenvalue weighted by Crippen LogP contribution is -2.33. The van der Waals surface area contributed by atoms with Crippen LogP contribution in [0.5, 0.6) is 0 Å². The second kappa shape index (κ2) is 8.53. The van der Waals surface area contributed by atoms with E-state index in [9.17, 15) is 18.4 Å². The molecule has 0 aromatic heterocycles. The van der Waals surface area contributed by atoms with Crippen molar-refractivity contribution >= 4 is 23.1 Å². The maximum Gasteiger partial charge on any atom is 0.278 e. The molecule has 0 saturated carbocycles. The molecule has 152 valence electrons. The summed E-state index contributed by atoms with van der Waals surface area (Å²) in [5.41, 5.74) is 3.05. The van der Waals surface area contributed by atoms with Crippen LogP contribution in [0.2, 0.25) is 0 Å². The summed E-state index contributed by atoms with van der Waals surface area (Å²) in [6.45, 7) is 4.47. The molecule has 5 nitrogen and oxygen atoms in total. The number of imide groups is 1. The number of rotatable bonds is 7. The number of anilines is 1. The van der Waals surface area contributed by atoms with Crippen molar-refractivity contribution in [3.63, 3.8) is 0 Å². The minimum absolute atomic E-state index is 0.0432. The molecule has 1 aliphatic heterocycles. The second-order valence-corrected chi connectivity index (χ2v) is 6.91. The lowest BCUT2D eigenvalue weighted by Gasteiger charge is -2.15. The summed E-state index contributed by atoms with van der Waals surface area (Å²) in [5.74, 6) is -2.98. The third kappa shape index (κ3) is 4.19. The van der Waals surface area contributed by atoms with Crippen LogP contribution in [0.25, 0.3) is 5.57 Å². The highest BCUT2D eigenvalue weighted by Gasteiger charge is 2.39. The van der Waals surface area contributed by atoms with Crippen molar-refractivity contribution in [1.82, 2.24) is 4.90 Å². The zero-order chi connectivity index (χ0) is 21.1. The minimum atomic E-state index is -1.04. The molecule has 29 heavy (non-hydrogen) atoms. The monoisotopic (exact) mass is 400 g/mol. The smallest absolute Gasteiger partial charge is 0.278 e. The number of halogens is 2. The van der Waals surface area contributed by atoms with Gasteiger partial charge in [-0.2, -0.15) is 0 Å². The first-order chi connectivity index (χ1) is 13.8. The van der Waals surface area contributed by atoms with E-state index in [0.717, 1.165) is 28.2 Å². The molecule has 0 aliphatic carbocycles. The van der Waals surface area contributed by atoms with E-state index in [2.05, 4.69) is 5.32 Å². The van der Waals surface area contributed by atoms with Crippen molar-refractivity contribution in [1.29, 1.82) is 0 Å². The van der Waals surface area contributed by atoms with Crippen LogP contribution in [0.15, 0.2) is 42.1 Å². The number of carbonyl (C=O) groups is 2. The van der Waals surface area contributed by atoms with E-state index in [-0.39, 0.29) is 23.5 Å². The number of benzene rings is 2. The molecule has 0 atom stereocenters. The van der Waals surface area contributed by atoms with Crippen LogP contribution in [0, 0.1) is 25.5 Å². The number of nitrogens with zero attached hydrogens (tertiary/aromatic N) is 1. The Morgan fingerprint density at radius 1 is 0.966 bits per heavy atom. The van der Waals surface area contributed by atoms with E-state index >= 15 is 0 Å². The van der Waals surface area contributed by atoms with Gasteiger partial charge in [-0.1, -0.05) is 18.2 Å². The average Bonchev–Trinajstić information content (AvgIpc) is 2.91. The van der Waals surface area contributed by atoms with E-state index in [4.69, 9.17) is 4.74 Å². The van der Waals surface area contributed by atoms with Crippen LogP contribution in [0.1, 0.15) is 23.1 Å². The quantitative estimate of drug-likeness (QED) is 0.567. The Hall–Kier alpha value is -3.06. The van der Waals surface area contributed by atoms with Crippen molar-refractivity contribution in [3.8, 4) is 0 Å². The summed E-state index contributed by atoms with van der Waals surface area (Å²) in [6, 6.07) is 8.71. The molecule has 2 aromatic carbocycles. The van der Waals surface area contributed by atoms with Crippen molar-refractivity contribution in [3.05, 3.63) is 70.4 Å². The molecule has 1 N–H and O–H groups in total. The van der Waals surface area contributed by atoms with Crippen molar-refractivity contribution in [2.45, 2.75) is 20.3 Å². The first-order valence-corrected chi connectivity index (χ1v) is 9.22. The Bertz CT molecular complexity index is 1000. The lowest BCUT2D eigenvalue weighted by atomic mass is 9.99. The summed E-state index contributed by atoms with van der Waals surface area (Å²) in [7, 11) is 1.54. The molecule has 0 bridgehead atoms. The Morgan fingerprint density at radius 2 is 1.72 bits per heavy atom. The minimum Gasteiger partial charge on any atom is -0.385 e. The fourth-order valence-corrected chi connectivity index (χ4v) is 3.15. The SMILES string of the molecule is COCCCN1C(=O)C(Nc2ccc(F)c(F)c2)=C(c2ccc(C)c(C)c2)C1=O. The van der Waals surface area contributed by atoms with Crippen molar-refractivity contribution < 1.29 is 23.1 Å². The molecule has 0 saturated heterocycles. The molecule has 2 amide bonds. The van der Waals surface area contributed by atoms with Gasteiger partial charge in [-0.3, -0.25) is 14.5 Å². The summed E-state index contributed by atoms with van der Waals surface area (Å²) in [5, 5.41) is 2.82. The first-order valence-electron chi connectivity index (χ1n) is 9.22. The molecule has 0 spiro atoms. The van der Waals surface area contributed by atoms with Crippen LogP contribution >= 0.6 is 0 Å². The first kappa shape index (κ1) is 20.7. The van der Waals surface area contributed by atoms with Crippen molar-refractivity contribution in [2.75, 3.05) is 25.6 Å². The van der Waals surface area contributed by atoms with E-state index in [0.29, 0.717) is 18.6 Å². The van der Waals surface area contributed by atoms with Crippen LogP contribution < -0.4 is 5.32 Å². The van der Waals surface area contributed by atoms with Gasteiger partial charge in [0, 0.05) is 32.0 Å². The molecule has 2 aromatic rings. The van der Waals surface area contributed by atoms with Gasteiger partial charge in [0.05, 0.1) is 5.57 Å². The molecule has 7 heteroatoms. The number of methoxy groups -OCH3 is 1. The lowest BCUT2D eigenvalue weighted by molar-refractivity contribution is -0.136. The molecule has 0 unspecified atom stereocenters. The molecule has 1 aliphatic rings. The Balaban J connectivity index is 2.03. The predicted molar refractivity (Wildman–Crippen MR) is 106 cm³/mol. The second-order valence-electron chi connectivity index (χ2n) is 6.91. The highest BCUT2D eigenvalue weighted by molar-refractivity contribution is 6.36. The van der Waals surface area contributed by atoms with E-state index in [1.807, 2.05) is 26.0 Å². The summed E-state index contributed by atoms with van der Waals surface area (Å²) in [6.07, 6.45) is 0.493. The Kier molecular flexibility index (Phi) is 6.08. The average molecular weight is 400 g/mol. The zero-order valence-electron chi connectivity index (χ0n) is 16.5. The number of aryl methyl sites for hydroxylation is 2. The number of carbonyl (C=O) groups excluding carboxylic acids is 2. The van der Waals surface area contributed by atoms with Crippen LogP contribution in [0.4, 0.5) is 14.5 Å². The van der Waals surface area contributed by atoms with Gasteiger partial charge in [-0.05, 0) is 49.1 Å².